The smallest absolute Gasteiger partial charge is 0.435 e. The van der Waals surface area contributed by atoms with Gasteiger partial charge in [-0.1, -0.05) is 11.3 Å². The molecule has 0 spiro atoms. The first-order valence-corrected chi connectivity index (χ1v) is 5.16. The van der Waals surface area contributed by atoms with Crippen molar-refractivity contribution in [3.05, 3.63) is 41.2 Å². The Morgan fingerprint density at radius 2 is 2.05 bits per heavy atom. The van der Waals surface area contributed by atoms with Crippen molar-refractivity contribution in [2.75, 3.05) is 0 Å². The van der Waals surface area contributed by atoms with Crippen LogP contribution in [-0.4, -0.2) is 32.4 Å². The molecule has 0 aliphatic rings. The summed E-state index contributed by atoms with van der Waals surface area (Å²) in [7, 11) is 0. The quantitative estimate of drug-likeness (QED) is 0.869. The molecule has 9 heteroatoms. The van der Waals surface area contributed by atoms with Crippen molar-refractivity contribution in [1.29, 1.82) is 0 Å². The molecule has 2 rings (SSSR count). The number of aromatic carboxylic acids is 1. The van der Waals surface area contributed by atoms with Gasteiger partial charge in [-0.2, -0.15) is 13.2 Å². The number of carboxylic acids is 1. The van der Waals surface area contributed by atoms with Crippen molar-refractivity contribution >= 4 is 12.3 Å². The number of aromatic nitrogens is 3. The van der Waals surface area contributed by atoms with Gasteiger partial charge >= 0.3 is 12.1 Å². The van der Waals surface area contributed by atoms with Gasteiger partial charge in [-0.05, 0) is 18.2 Å². The van der Waals surface area contributed by atoms with E-state index in [9.17, 15) is 22.8 Å². The molecule has 0 bridgehead atoms. The molecule has 0 saturated heterocycles. The number of halogens is 3. The minimum absolute atomic E-state index is 0.0621. The number of carbonyl (C=O) groups excluding carboxylic acids is 1. The van der Waals surface area contributed by atoms with Crippen molar-refractivity contribution in [3.63, 3.8) is 0 Å². The summed E-state index contributed by atoms with van der Waals surface area (Å²) in [6.07, 6.45) is -4.91. The largest absolute Gasteiger partial charge is 0.478 e. The maximum atomic E-state index is 12.9. The third-order valence-electron chi connectivity index (χ3n) is 2.41. The Hall–Kier alpha value is -2.71. The second kappa shape index (κ2) is 4.76. The Kier molecular flexibility index (Phi) is 3.26. The van der Waals surface area contributed by atoms with Crippen LogP contribution in [0, 0.1) is 0 Å². The maximum absolute atomic E-state index is 12.9. The summed E-state index contributed by atoms with van der Waals surface area (Å²) < 4.78 is 39.1. The van der Waals surface area contributed by atoms with Crippen LogP contribution in [-0.2, 0) is 6.18 Å². The van der Waals surface area contributed by atoms with Crippen molar-refractivity contribution in [1.82, 2.24) is 15.0 Å². The lowest BCUT2D eigenvalue weighted by atomic mass is 10.2. The van der Waals surface area contributed by atoms with Crippen molar-refractivity contribution < 1.29 is 27.9 Å². The van der Waals surface area contributed by atoms with E-state index in [1.807, 2.05) is 0 Å². The molecule has 6 nitrogen and oxygen atoms in total. The van der Waals surface area contributed by atoms with Gasteiger partial charge in [0, 0.05) is 0 Å². The lowest BCUT2D eigenvalue weighted by molar-refractivity contribution is -0.143. The van der Waals surface area contributed by atoms with Gasteiger partial charge in [-0.25, -0.2) is 9.48 Å². The van der Waals surface area contributed by atoms with Crippen LogP contribution in [0.1, 0.15) is 26.5 Å². The van der Waals surface area contributed by atoms with Crippen molar-refractivity contribution in [2.24, 2.45) is 0 Å². The van der Waals surface area contributed by atoms with E-state index in [4.69, 9.17) is 5.11 Å². The summed E-state index contributed by atoms with van der Waals surface area (Å²) in [4.78, 5) is 21.4. The summed E-state index contributed by atoms with van der Waals surface area (Å²) in [5, 5.41) is 15.2. The summed E-state index contributed by atoms with van der Waals surface area (Å²) >= 11 is 0. The topological polar surface area (TPSA) is 85.1 Å². The van der Waals surface area contributed by atoms with E-state index in [-0.39, 0.29) is 17.5 Å². The number of carbonyl (C=O) groups is 2. The molecule has 0 radical (unpaired) electrons. The molecular formula is C11H6F3N3O3. The van der Waals surface area contributed by atoms with Crippen LogP contribution in [0.2, 0.25) is 0 Å². The average Bonchev–Trinajstić information content (AvgIpc) is 2.82. The normalized spacial score (nSPS) is 11.3. The van der Waals surface area contributed by atoms with Crippen LogP contribution in [0.5, 0.6) is 0 Å². The first-order chi connectivity index (χ1) is 9.34. The zero-order valence-corrected chi connectivity index (χ0v) is 9.63. The first kappa shape index (κ1) is 13.7. The standard InChI is InChI=1S/C11H6F3N3O3/c12-11(13,14)9-8(5-18)15-16-17(9)7-3-1-2-6(4-7)10(19)20/h1-5H,(H,19,20). The van der Waals surface area contributed by atoms with E-state index in [1.54, 1.807) is 0 Å². The van der Waals surface area contributed by atoms with E-state index in [0.717, 1.165) is 6.07 Å². The summed E-state index contributed by atoms with van der Waals surface area (Å²) in [5.74, 6) is -1.30. The molecule has 1 heterocycles. The fourth-order valence-electron chi connectivity index (χ4n) is 1.59. The van der Waals surface area contributed by atoms with Gasteiger partial charge in [0.15, 0.2) is 17.7 Å². The molecule has 0 saturated carbocycles. The predicted molar refractivity (Wildman–Crippen MR) is 58.7 cm³/mol. The Morgan fingerprint density at radius 3 is 2.60 bits per heavy atom. The summed E-state index contributed by atoms with van der Waals surface area (Å²) in [6, 6.07) is 4.71. The molecule has 2 aromatic rings. The second-order valence-electron chi connectivity index (χ2n) is 3.71. The Labute approximate surface area is 109 Å². The lowest BCUT2D eigenvalue weighted by Gasteiger charge is -2.10. The monoisotopic (exact) mass is 285 g/mol. The number of hydrogen-bond donors (Lipinski definition) is 1. The molecular weight excluding hydrogens is 279 g/mol. The van der Waals surface area contributed by atoms with Gasteiger partial charge in [0.05, 0.1) is 11.3 Å². The second-order valence-corrected chi connectivity index (χ2v) is 3.71. The lowest BCUT2D eigenvalue weighted by Crippen LogP contribution is -2.15. The van der Waals surface area contributed by atoms with Crippen molar-refractivity contribution in [2.45, 2.75) is 6.18 Å². The molecule has 0 unspecified atom stereocenters. The molecule has 0 aliphatic heterocycles. The van der Waals surface area contributed by atoms with Crippen LogP contribution >= 0.6 is 0 Å². The molecule has 0 fully saturated rings. The number of rotatable bonds is 3. The van der Waals surface area contributed by atoms with E-state index in [1.165, 1.54) is 18.2 Å². The van der Waals surface area contributed by atoms with Crippen LogP contribution in [0.25, 0.3) is 5.69 Å². The number of hydrogen-bond acceptors (Lipinski definition) is 4. The van der Waals surface area contributed by atoms with E-state index < -0.39 is 23.5 Å². The van der Waals surface area contributed by atoms with Gasteiger partial charge in [0.1, 0.15) is 0 Å². The maximum Gasteiger partial charge on any atom is 0.435 e. The Morgan fingerprint density at radius 1 is 1.35 bits per heavy atom. The minimum Gasteiger partial charge on any atom is -0.478 e. The SMILES string of the molecule is O=Cc1nnn(-c2cccc(C(=O)O)c2)c1C(F)(F)F. The minimum atomic E-state index is -4.85. The first-order valence-electron chi connectivity index (χ1n) is 5.16. The fraction of sp³-hybridized carbons (Fsp3) is 0.0909. The highest BCUT2D eigenvalue weighted by atomic mass is 19.4. The molecule has 0 amide bonds. The van der Waals surface area contributed by atoms with E-state index in [0.29, 0.717) is 4.68 Å². The van der Waals surface area contributed by atoms with Gasteiger partial charge < -0.3 is 5.11 Å². The Balaban J connectivity index is 2.64. The third-order valence-corrected chi connectivity index (χ3v) is 2.41. The van der Waals surface area contributed by atoms with E-state index >= 15 is 0 Å². The highest BCUT2D eigenvalue weighted by molar-refractivity contribution is 5.88. The number of nitrogens with zero attached hydrogens (tertiary/aromatic N) is 3. The van der Waals surface area contributed by atoms with Crippen LogP contribution in [0.4, 0.5) is 13.2 Å². The van der Waals surface area contributed by atoms with Crippen LogP contribution in [0.15, 0.2) is 24.3 Å². The van der Waals surface area contributed by atoms with Crippen LogP contribution < -0.4 is 0 Å². The zero-order valence-electron chi connectivity index (χ0n) is 9.63. The molecule has 1 N–H and O–H groups in total. The third kappa shape index (κ3) is 2.37. The molecule has 1 aromatic carbocycles. The summed E-state index contributed by atoms with van der Waals surface area (Å²) in [5.41, 5.74) is -2.58. The average molecular weight is 285 g/mol. The van der Waals surface area contributed by atoms with E-state index in [2.05, 4.69) is 10.3 Å². The fourth-order valence-corrected chi connectivity index (χ4v) is 1.59. The van der Waals surface area contributed by atoms with Crippen LogP contribution in [0.3, 0.4) is 0 Å². The molecule has 104 valence electrons. The predicted octanol–water partition coefficient (Wildman–Crippen LogP) is 1.80. The molecule has 1 aromatic heterocycles. The highest BCUT2D eigenvalue weighted by Crippen LogP contribution is 2.32. The van der Waals surface area contributed by atoms with Gasteiger partial charge in [0.2, 0.25) is 0 Å². The van der Waals surface area contributed by atoms with Gasteiger partial charge in [0.25, 0.3) is 0 Å². The number of aldehydes is 1. The van der Waals surface area contributed by atoms with Gasteiger partial charge in [-0.3, -0.25) is 4.79 Å². The molecule has 20 heavy (non-hydrogen) atoms. The number of carboxylic acid groups (broad SMARTS) is 1. The number of benzene rings is 1. The molecule has 0 atom stereocenters. The van der Waals surface area contributed by atoms with Gasteiger partial charge in [-0.15, -0.1) is 5.10 Å². The summed E-state index contributed by atoms with van der Waals surface area (Å²) in [6.45, 7) is 0. The zero-order chi connectivity index (χ0) is 14.9. The highest BCUT2D eigenvalue weighted by Gasteiger charge is 2.39. The van der Waals surface area contributed by atoms with Crippen molar-refractivity contribution in [3.8, 4) is 5.69 Å². The molecule has 0 aliphatic carbocycles. The number of alkyl halides is 3. The Bertz CT molecular complexity index is 679.